The average Bonchev–Trinajstić information content (AvgIpc) is 2.48. The summed E-state index contributed by atoms with van der Waals surface area (Å²) in [7, 11) is 3.18. The molecule has 0 bridgehead atoms. The molecule has 2 atom stereocenters. The second kappa shape index (κ2) is 5.78. The van der Waals surface area contributed by atoms with Crippen LogP contribution in [0.4, 0.5) is 0 Å². The summed E-state index contributed by atoms with van der Waals surface area (Å²) in [5.41, 5.74) is 3.59. The highest BCUT2D eigenvalue weighted by atomic mass is 35.5. The van der Waals surface area contributed by atoms with Crippen molar-refractivity contribution >= 4 is 23.2 Å². The summed E-state index contributed by atoms with van der Waals surface area (Å²) in [5.74, 6) is 1.48. The van der Waals surface area contributed by atoms with Gasteiger partial charge in [0.15, 0.2) is 0 Å². The van der Waals surface area contributed by atoms with Crippen molar-refractivity contribution in [1.82, 2.24) is 0 Å². The van der Waals surface area contributed by atoms with Gasteiger partial charge in [0.05, 0.1) is 19.6 Å². The molecule has 0 spiro atoms. The Hall–Kier alpha value is -1.38. The zero-order chi connectivity index (χ0) is 15.0. The molecule has 110 valence electrons. The Balaban J connectivity index is 1.96. The molecule has 0 saturated heterocycles. The van der Waals surface area contributed by atoms with Gasteiger partial charge >= 0.3 is 0 Å². The monoisotopic (exact) mass is 322 g/mol. The molecule has 3 rings (SSSR count). The van der Waals surface area contributed by atoms with E-state index in [1.165, 1.54) is 11.1 Å². The number of fused-ring (bicyclic) bond motifs is 1. The number of ether oxygens (including phenoxy) is 2. The second-order valence-corrected chi connectivity index (χ2v) is 5.96. The molecule has 0 N–H and O–H groups in total. The summed E-state index contributed by atoms with van der Waals surface area (Å²) < 4.78 is 10.7. The smallest absolute Gasteiger partial charge is 0.145 e. The summed E-state index contributed by atoms with van der Waals surface area (Å²) in [5, 5.41) is 0.300. The lowest BCUT2D eigenvalue weighted by Gasteiger charge is -2.34. The van der Waals surface area contributed by atoms with Crippen LogP contribution in [0.2, 0.25) is 5.02 Å². The lowest BCUT2D eigenvalue weighted by atomic mass is 9.74. The van der Waals surface area contributed by atoms with Crippen molar-refractivity contribution in [2.75, 3.05) is 14.2 Å². The fourth-order valence-electron chi connectivity index (χ4n) is 2.91. The Morgan fingerprint density at radius 1 is 1.10 bits per heavy atom. The quantitative estimate of drug-likeness (QED) is 0.739. The van der Waals surface area contributed by atoms with Gasteiger partial charge < -0.3 is 9.47 Å². The molecular formula is C17H16Cl2O2. The molecule has 0 amide bonds. The molecule has 0 saturated carbocycles. The Morgan fingerprint density at radius 2 is 1.86 bits per heavy atom. The predicted octanol–water partition coefficient (Wildman–Crippen LogP) is 4.98. The Labute approximate surface area is 134 Å². The highest BCUT2D eigenvalue weighted by molar-refractivity contribution is 6.34. The van der Waals surface area contributed by atoms with E-state index in [2.05, 4.69) is 18.2 Å². The molecule has 2 aromatic carbocycles. The minimum Gasteiger partial charge on any atom is -0.495 e. The minimum absolute atomic E-state index is 0.168. The van der Waals surface area contributed by atoms with Crippen molar-refractivity contribution in [3.63, 3.8) is 0 Å². The molecule has 21 heavy (non-hydrogen) atoms. The molecule has 1 aliphatic carbocycles. The number of methoxy groups -OCH3 is 2. The summed E-state index contributed by atoms with van der Waals surface area (Å²) in [6.45, 7) is 0. The zero-order valence-electron chi connectivity index (χ0n) is 11.9. The van der Waals surface area contributed by atoms with Gasteiger partial charge in [0.1, 0.15) is 16.5 Å². The van der Waals surface area contributed by atoms with Crippen molar-refractivity contribution in [1.29, 1.82) is 0 Å². The molecule has 0 fully saturated rings. The van der Waals surface area contributed by atoms with Gasteiger partial charge in [-0.3, -0.25) is 0 Å². The lowest BCUT2D eigenvalue weighted by Crippen LogP contribution is -2.21. The molecule has 2 nitrogen and oxygen atoms in total. The topological polar surface area (TPSA) is 18.5 Å². The Kier molecular flexibility index (Phi) is 4.01. The highest BCUT2D eigenvalue weighted by Crippen LogP contribution is 2.51. The first-order valence-corrected chi connectivity index (χ1v) is 7.61. The van der Waals surface area contributed by atoms with Crippen LogP contribution in [-0.4, -0.2) is 14.2 Å². The standard InChI is InChI=1S/C17H16Cl2O2/c1-20-14-8-7-12(17(21-2)16(14)19)15(18)13-9-10-5-3-4-6-11(10)13/h3-8,13,15H,9H2,1-2H3. The average molecular weight is 323 g/mol. The number of halogens is 2. The number of rotatable bonds is 4. The van der Waals surface area contributed by atoms with Gasteiger partial charge in [-0.1, -0.05) is 41.9 Å². The third kappa shape index (κ3) is 2.37. The van der Waals surface area contributed by atoms with E-state index < -0.39 is 0 Å². The van der Waals surface area contributed by atoms with Crippen LogP contribution in [0.1, 0.15) is 28.0 Å². The third-order valence-electron chi connectivity index (χ3n) is 4.06. The van der Waals surface area contributed by atoms with Gasteiger partial charge in [0.25, 0.3) is 0 Å². The maximum absolute atomic E-state index is 6.71. The first-order chi connectivity index (χ1) is 10.2. The fourth-order valence-corrected chi connectivity index (χ4v) is 3.63. The molecule has 0 aromatic heterocycles. The van der Waals surface area contributed by atoms with Crippen molar-refractivity contribution in [2.45, 2.75) is 17.7 Å². The van der Waals surface area contributed by atoms with E-state index in [0.717, 1.165) is 12.0 Å². The number of hydrogen-bond donors (Lipinski definition) is 0. The van der Waals surface area contributed by atoms with Gasteiger partial charge in [-0.25, -0.2) is 0 Å². The van der Waals surface area contributed by atoms with Crippen LogP contribution < -0.4 is 9.47 Å². The molecule has 1 aliphatic rings. The molecule has 4 heteroatoms. The second-order valence-electron chi connectivity index (χ2n) is 5.12. The van der Waals surface area contributed by atoms with Crippen LogP contribution in [0, 0.1) is 0 Å². The fraction of sp³-hybridized carbons (Fsp3) is 0.294. The van der Waals surface area contributed by atoms with Crippen molar-refractivity contribution in [2.24, 2.45) is 0 Å². The summed E-state index contributed by atoms with van der Waals surface area (Å²) in [4.78, 5) is 0. The van der Waals surface area contributed by atoms with Crippen LogP contribution in [0.3, 0.4) is 0 Å². The summed E-state index contributed by atoms with van der Waals surface area (Å²) in [6, 6.07) is 12.2. The van der Waals surface area contributed by atoms with Crippen LogP contribution in [0.5, 0.6) is 11.5 Å². The van der Waals surface area contributed by atoms with Gasteiger partial charge in [-0.05, 0) is 23.6 Å². The van der Waals surface area contributed by atoms with Crippen molar-refractivity contribution < 1.29 is 9.47 Å². The van der Waals surface area contributed by atoms with Gasteiger partial charge in [-0.2, -0.15) is 0 Å². The van der Waals surface area contributed by atoms with E-state index in [4.69, 9.17) is 32.7 Å². The van der Waals surface area contributed by atoms with Crippen LogP contribution in [0.25, 0.3) is 0 Å². The Morgan fingerprint density at radius 3 is 2.52 bits per heavy atom. The van der Waals surface area contributed by atoms with E-state index in [1.807, 2.05) is 18.2 Å². The number of hydrogen-bond acceptors (Lipinski definition) is 2. The van der Waals surface area contributed by atoms with Gasteiger partial charge in [0, 0.05) is 11.5 Å². The highest BCUT2D eigenvalue weighted by Gasteiger charge is 2.34. The van der Waals surface area contributed by atoms with E-state index in [0.29, 0.717) is 22.4 Å². The summed E-state index contributed by atoms with van der Waals surface area (Å²) in [6.07, 6.45) is 0.983. The van der Waals surface area contributed by atoms with Crippen molar-refractivity contribution in [3.8, 4) is 11.5 Å². The maximum atomic E-state index is 6.71. The van der Waals surface area contributed by atoms with Crippen LogP contribution in [0.15, 0.2) is 36.4 Å². The minimum atomic E-state index is -0.168. The van der Waals surface area contributed by atoms with Crippen LogP contribution >= 0.6 is 23.2 Å². The summed E-state index contributed by atoms with van der Waals surface area (Å²) >= 11 is 13.0. The molecular weight excluding hydrogens is 307 g/mol. The molecule has 2 unspecified atom stereocenters. The van der Waals surface area contributed by atoms with Gasteiger partial charge in [0.2, 0.25) is 0 Å². The maximum Gasteiger partial charge on any atom is 0.145 e. The lowest BCUT2D eigenvalue weighted by molar-refractivity contribution is 0.389. The van der Waals surface area contributed by atoms with Gasteiger partial charge in [-0.15, -0.1) is 11.6 Å². The predicted molar refractivity (Wildman–Crippen MR) is 86.0 cm³/mol. The zero-order valence-corrected chi connectivity index (χ0v) is 13.4. The normalized spacial score (nSPS) is 17.6. The molecule has 2 aromatic rings. The SMILES string of the molecule is COc1ccc(C(Cl)C2Cc3ccccc32)c(OC)c1Cl. The van der Waals surface area contributed by atoms with E-state index >= 15 is 0 Å². The number of alkyl halides is 1. The van der Waals surface area contributed by atoms with Crippen molar-refractivity contribution in [3.05, 3.63) is 58.1 Å². The third-order valence-corrected chi connectivity index (χ3v) is 4.96. The van der Waals surface area contributed by atoms with E-state index in [1.54, 1.807) is 14.2 Å². The Bertz CT molecular complexity index is 670. The molecule has 0 radical (unpaired) electrons. The van der Waals surface area contributed by atoms with E-state index in [-0.39, 0.29) is 5.38 Å². The first-order valence-electron chi connectivity index (χ1n) is 6.79. The first kappa shape index (κ1) is 14.6. The number of benzene rings is 2. The molecule has 0 aliphatic heterocycles. The van der Waals surface area contributed by atoms with E-state index in [9.17, 15) is 0 Å². The molecule has 0 heterocycles. The van der Waals surface area contributed by atoms with Crippen LogP contribution in [-0.2, 0) is 6.42 Å². The largest absolute Gasteiger partial charge is 0.495 e.